The third-order valence-corrected chi connectivity index (χ3v) is 3.58. The van der Waals surface area contributed by atoms with Crippen molar-refractivity contribution in [2.24, 2.45) is 5.84 Å². The Bertz CT molecular complexity index is 315. The molecule has 0 amide bonds. The third kappa shape index (κ3) is 4.53. The van der Waals surface area contributed by atoms with Crippen molar-refractivity contribution in [3.8, 4) is 0 Å². The van der Waals surface area contributed by atoms with Crippen LogP contribution in [0.15, 0.2) is 18.3 Å². The third-order valence-electron chi connectivity index (χ3n) is 2.86. The van der Waals surface area contributed by atoms with E-state index in [-0.39, 0.29) is 0 Å². The zero-order valence-corrected chi connectivity index (χ0v) is 11.6. The van der Waals surface area contributed by atoms with Crippen molar-refractivity contribution in [3.05, 3.63) is 23.9 Å². The fourth-order valence-corrected chi connectivity index (χ4v) is 2.64. The van der Waals surface area contributed by atoms with Crippen LogP contribution < -0.4 is 11.3 Å². The van der Waals surface area contributed by atoms with E-state index in [2.05, 4.69) is 41.6 Å². The Morgan fingerprint density at radius 3 is 2.76 bits per heavy atom. The Morgan fingerprint density at radius 1 is 1.53 bits per heavy atom. The van der Waals surface area contributed by atoms with Gasteiger partial charge in [-0.1, -0.05) is 13.0 Å². The van der Waals surface area contributed by atoms with Gasteiger partial charge < -0.3 is 5.43 Å². The molecule has 0 saturated heterocycles. The van der Waals surface area contributed by atoms with Crippen LogP contribution in [0.1, 0.15) is 18.9 Å². The predicted molar refractivity (Wildman–Crippen MR) is 76.0 cm³/mol. The number of aromatic nitrogens is 1. The highest BCUT2D eigenvalue weighted by atomic mass is 32.2. The lowest BCUT2D eigenvalue weighted by molar-refractivity contribution is 0.247. The Labute approximate surface area is 108 Å². The maximum atomic E-state index is 5.28. The number of nitrogen functional groups attached to an aromatic ring is 1. The molecule has 0 bridgehead atoms. The molecule has 0 spiro atoms. The van der Waals surface area contributed by atoms with Crippen molar-refractivity contribution in [3.63, 3.8) is 0 Å². The topological polar surface area (TPSA) is 54.2 Å². The van der Waals surface area contributed by atoms with E-state index in [0.29, 0.717) is 11.9 Å². The summed E-state index contributed by atoms with van der Waals surface area (Å²) in [5, 5.41) is 0. The number of rotatable bonds is 7. The van der Waals surface area contributed by atoms with Gasteiger partial charge in [0.15, 0.2) is 0 Å². The number of hydrazine groups is 1. The number of nitrogens with one attached hydrogen (secondary N) is 1. The summed E-state index contributed by atoms with van der Waals surface area (Å²) in [5.41, 5.74) is 3.75. The SMILES string of the molecule is CCC(CSC)N(C)Cc1ccc(NN)nc1. The Hall–Kier alpha value is -0.780. The van der Waals surface area contributed by atoms with Gasteiger partial charge in [0.05, 0.1) is 0 Å². The largest absolute Gasteiger partial charge is 0.308 e. The first-order valence-electron chi connectivity index (χ1n) is 5.82. The highest BCUT2D eigenvalue weighted by Gasteiger charge is 2.12. The zero-order valence-electron chi connectivity index (χ0n) is 10.8. The molecule has 1 unspecified atom stereocenters. The van der Waals surface area contributed by atoms with Crippen molar-refractivity contribution in [2.75, 3.05) is 24.5 Å². The molecule has 0 aliphatic rings. The van der Waals surface area contributed by atoms with E-state index in [1.165, 1.54) is 17.7 Å². The van der Waals surface area contributed by atoms with Gasteiger partial charge in [0, 0.05) is 24.5 Å². The maximum absolute atomic E-state index is 5.28. The van der Waals surface area contributed by atoms with Gasteiger partial charge in [0.1, 0.15) is 5.82 Å². The molecule has 1 aromatic heterocycles. The van der Waals surface area contributed by atoms with Crippen molar-refractivity contribution >= 4 is 17.6 Å². The van der Waals surface area contributed by atoms with E-state index < -0.39 is 0 Å². The van der Waals surface area contributed by atoms with Crippen LogP contribution >= 0.6 is 11.8 Å². The highest BCUT2D eigenvalue weighted by Crippen LogP contribution is 2.12. The lowest BCUT2D eigenvalue weighted by Gasteiger charge is -2.26. The molecule has 0 radical (unpaired) electrons. The minimum absolute atomic E-state index is 0.623. The molecule has 1 aromatic rings. The van der Waals surface area contributed by atoms with Gasteiger partial charge in [-0.2, -0.15) is 11.8 Å². The van der Waals surface area contributed by atoms with Gasteiger partial charge in [-0.3, -0.25) is 4.90 Å². The maximum Gasteiger partial charge on any atom is 0.139 e. The van der Waals surface area contributed by atoms with Gasteiger partial charge in [-0.05, 0) is 31.4 Å². The van der Waals surface area contributed by atoms with E-state index in [0.717, 1.165) is 6.54 Å². The molecule has 0 aromatic carbocycles. The first-order valence-corrected chi connectivity index (χ1v) is 7.21. The van der Waals surface area contributed by atoms with E-state index >= 15 is 0 Å². The molecule has 0 aliphatic carbocycles. The molecule has 1 atom stereocenters. The average Bonchev–Trinajstić information content (AvgIpc) is 2.36. The summed E-state index contributed by atoms with van der Waals surface area (Å²) < 4.78 is 0. The Kier molecular flexibility index (Phi) is 6.32. The minimum atomic E-state index is 0.623. The molecule has 0 saturated carbocycles. The van der Waals surface area contributed by atoms with Crippen molar-refractivity contribution in [1.82, 2.24) is 9.88 Å². The molecule has 1 rings (SSSR count). The molecular formula is C12H22N4S. The Balaban J connectivity index is 2.56. The van der Waals surface area contributed by atoms with Crippen LogP contribution in [0, 0.1) is 0 Å². The van der Waals surface area contributed by atoms with Crippen LogP contribution in [0.4, 0.5) is 5.82 Å². The molecule has 5 heteroatoms. The summed E-state index contributed by atoms with van der Waals surface area (Å²) in [6.45, 7) is 3.16. The molecule has 3 N–H and O–H groups in total. The lowest BCUT2D eigenvalue weighted by atomic mass is 10.2. The van der Waals surface area contributed by atoms with Crippen LogP contribution in [-0.2, 0) is 6.54 Å². The predicted octanol–water partition coefficient (Wildman–Crippen LogP) is 1.94. The molecule has 1 heterocycles. The van der Waals surface area contributed by atoms with Gasteiger partial charge >= 0.3 is 0 Å². The van der Waals surface area contributed by atoms with Crippen molar-refractivity contribution < 1.29 is 0 Å². The second kappa shape index (κ2) is 7.53. The average molecular weight is 254 g/mol. The van der Waals surface area contributed by atoms with E-state index in [1.807, 2.05) is 24.0 Å². The fourth-order valence-electron chi connectivity index (χ4n) is 1.77. The van der Waals surface area contributed by atoms with Gasteiger partial charge in [0.25, 0.3) is 0 Å². The molecular weight excluding hydrogens is 232 g/mol. The minimum Gasteiger partial charge on any atom is -0.308 e. The number of nitrogens with two attached hydrogens (primary N) is 1. The summed E-state index contributed by atoms with van der Waals surface area (Å²) >= 11 is 1.90. The number of thioether (sulfide) groups is 1. The summed E-state index contributed by atoms with van der Waals surface area (Å²) in [6, 6.07) is 4.58. The number of anilines is 1. The van der Waals surface area contributed by atoms with Crippen LogP contribution in [0.25, 0.3) is 0 Å². The van der Waals surface area contributed by atoms with Crippen LogP contribution in [0.5, 0.6) is 0 Å². The van der Waals surface area contributed by atoms with Gasteiger partial charge in [-0.15, -0.1) is 0 Å². The first kappa shape index (κ1) is 14.3. The summed E-state index contributed by atoms with van der Waals surface area (Å²) in [4.78, 5) is 6.59. The van der Waals surface area contributed by atoms with E-state index in [1.54, 1.807) is 0 Å². The summed E-state index contributed by atoms with van der Waals surface area (Å²) in [5.74, 6) is 7.16. The summed E-state index contributed by atoms with van der Waals surface area (Å²) in [6.07, 6.45) is 5.20. The smallest absolute Gasteiger partial charge is 0.139 e. The standard InChI is InChI=1S/C12H22N4S/c1-4-11(9-17-3)16(2)8-10-5-6-12(15-13)14-7-10/h5-7,11H,4,8-9,13H2,1-3H3,(H,14,15). The fraction of sp³-hybridized carbons (Fsp3) is 0.583. The van der Waals surface area contributed by atoms with E-state index in [4.69, 9.17) is 5.84 Å². The molecule has 0 fully saturated rings. The quantitative estimate of drug-likeness (QED) is 0.575. The molecule has 0 aliphatic heterocycles. The van der Waals surface area contributed by atoms with Gasteiger partial charge in [-0.25, -0.2) is 10.8 Å². The van der Waals surface area contributed by atoms with Crippen LogP contribution in [0.2, 0.25) is 0 Å². The van der Waals surface area contributed by atoms with Crippen LogP contribution in [0.3, 0.4) is 0 Å². The first-order chi connectivity index (χ1) is 8.21. The number of hydrogen-bond acceptors (Lipinski definition) is 5. The zero-order chi connectivity index (χ0) is 12.7. The normalized spacial score (nSPS) is 12.8. The highest BCUT2D eigenvalue weighted by molar-refractivity contribution is 7.98. The van der Waals surface area contributed by atoms with Gasteiger partial charge in [0.2, 0.25) is 0 Å². The second-order valence-corrected chi connectivity index (χ2v) is 5.04. The van der Waals surface area contributed by atoms with Crippen LogP contribution in [-0.4, -0.2) is 35.0 Å². The van der Waals surface area contributed by atoms with Crippen molar-refractivity contribution in [1.29, 1.82) is 0 Å². The van der Waals surface area contributed by atoms with Crippen molar-refractivity contribution in [2.45, 2.75) is 25.9 Å². The lowest BCUT2D eigenvalue weighted by Crippen LogP contribution is -2.32. The van der Waals surface area contributed by atoms with E-state index in [9.17, 15) is 0 Å². The number of nitrogens with zero attached hydrogens (tertiary/aromatic N) is 2. The molecule has 17 heavy (non-hydrogen) atoms. The summed E-state index contributed by atoms with van der Waals surface area (Å²) in [7, 11) is 2.17. The second-order valence-electron chi connectivity index (χ2n) is 4.13. The number of hydrogen-bond donors (Lipinski definition) is 2. The number of pyridine rings is 1. The molecule has 96 valence electrons. The Morgan fingerprint density at radius 2 is 2.29 bits per heavy atom. The monoisotopic (exact) mass is 254 g/mol. The molecule has 4 nitrogen and oxygen atoms in total.